The van der Waals surface area contributed by atoms with Crippen LogP contribution in [0.3, 0.4) is 0 Å². The first-order valence-corrected chi connectivity index (χ1v) is 8.67. The van der Waals surface area contributed by atoms with Crippen LogP contribution in [0.15, 0.2) is 53.0 Å². The largest absolute Gasteiger partial charge is 0.452 e. The quantitative estimate of drug-likeness (QED) is 0.268. The SMILES string of the molecule is O=C(COC(=O)/C=C/c1ccc(OC(F)F)cc1)Nc1ccc([N+](=O)[O-])cc1Br. The Balaban J connectivity index is 1.83. The highest BCUT2D eigenvalue weighted by molar-refractivity contribution is 9.10. The summed E-state index contributed by atoms with van der Waals surface area (Å²) in [5.74, 6) is -1.46. The number of anilines is 1. The number of halogens is 3. The molecule has 152 valence electrons. The summed E-state index contributed by atoms with van der Waals surface area (Å²) in [4.78, 5) is 33.6. The molecule has 0 atom stereocenters. The van der Waals surface area contributed by atoms with Crippen molar-refractivity contribution in [2.45, 2.75) is 6.61 Å². The Morgan fingerprint density at radius 3 is 2.48 bits per heavy atom. The van der Waals surface area contributed by atoms with Crippen molar-refractivity contribution in [2.75, 3.05) is 11.9 Å². The van der Waals surface area contributed by atoms with Crippen LogP contribution in [0.25, 0.3) is 6.08 Å². The molecule has 0 unspecified atom stereocenters. The number of nitro groups is 1. The minimum absolute atomic E-state index is 0.0196. The Labute approximate surface area is 171 Å². The molecule has 0 spiro atoms. The standard InChI is InChI=1S/C18H13BrF2N2O6/c19-14-9-12(23(26)27)4-7-15(14)22-16(24)10-28-17(25)8-3-11-1-5-13(6-2-11)29-18(20)21/h1-9,18H,10H2,(H,22,24)/b8-3+. The number of nitrogens with one attached hydrogen (secondary N) is 1. The van der Waals surface area contributed by atoms with Gasteiger partial charge in [-0.3, -0.25) is 14.9 Å². The van der Waals surface area contributed by atoms with Crippen LogP contribution >= 0.6 is 15.9 Å². The average molecular weight is 471 g/mol. The van der Waals surface area contributed by atoms with Crippen molar-refractivity contribution in [3.05, 3.63) is 68.7 Å². The molecule has 29 heavy (non-hydrogen) atoms. The fourth-order valence-electron chi connectivity index (χ4n) is 2.01. The van der Waals surface area contributed by atoms with Gasteiger partial charge in [0.1, 0.15) is 5.75 Å². The molecule has 0 heterocycles. The Hall–Kier alpha value is -3.34. The van der Waals surface area contributed by atoms with Crippen LogP contribution in [0.5, 0.6) is 5.75 Å². The minimum atomic E-state index is -2.93. The molecule has 0 radical (unpaired) electrons. The fraction of sp³-hybridized carbons (Fsp3) is 0.111. The number of hydrogen-bond acceptors (Lipinski definition) is 6. The first kappa shape index (κ1) is 22.0. The highest BCUT2D eigenvalue weighted by Crippen LogP contribution is 2.27. The van der Waals surface area contributed by atoms with Crippen LogP contribution < -0.4 is 10.1 Å². The number of carbonyl (C=O) groups is 2. The molecule has 0 aliphatic carbocycles. The summed E-state index contributed by atoms with van der Waals surface area (Å²) >= 11 is 3.10. The van der Waals surface area contributed by atoms with Gasteiger partial charge in [-0.25, -0.2) is 4.79 Å². The van der Waals surface area contributed by atoms with Gasteiger partial charge >= 0.3 is 12.6 Å². The summed E-state index contributed by atoms with van der Waals surface area (Å²) < 4.78 is 33.4. The molecule has 11 heteroatoms. The summed E-state index contributed by atoms with van der Waals surface area (Å²) in [5.41, 5.74) is 0.654. The lowest BCUT2D eigenvalue weighted by Crippen LogP contribution is -2.20. The monoisotopic (exact) mass is 470 g/mol. The highest BCUT2D eigenvalue weighted by Gasteiger charge is 2.12. The van der Waals surface area contributed by atoms with E-state index in [4.69, 9.17) is 4.74 Å². The smallest absolute Gasteiger partial charge is 0.387 e. The molecule has 1 amide bonds. The molecule has 0 saturated heterocycles. The number of esters is 1. The van der Waals surface area contributed by atoms with Crippen LogP contribution in [-0.2, 0) is 14.3 Å². The van der Waals surface area contributed by atoms with E-state index in [1.807, 2.05) is 0 Å². The number of nitrogens with zero attached hydrogens (tertiary/aromatic N) is 1. The molecule has 0 saturated carbocycles. The second-order valence-corrected chi connectivity index (χ2v) is 6.21. The lowest BCUT2D eigenvalue weighted by molar-refractivity contribution is -0.384. The van der Waals surface area contributed by atoms with Crippen LogP contribution in [-0.4, -0.2) is 30.0 Å². The van der Waals surface area contributed by atoms with Crippen LogP contribution in [0, 0.1) is 10.1 Å². The number of hydrogen-bond donors (Lipinski definition) is 1. The Morgan fingerprint density at radius 1 is 1.21 bits per heavy atom. The van der Waals surface area contributed by atoms with E-state index in [1.165, 1.54) is 48.5 Å². The number of amides is 1. The van der Waals surface area contributed by atoms with E-state index in [0.717, 1.165) is 6.08 Å². The van der Waals surface area contributed by atoms with Gasteiger partial charge in [0.05, 0.1) is 10.6 Å². The van der Waals surface area contributed by atoms with Gasteiger partial charge in [-0.15, -0.1) is 0 Å². The van der Waals surface area contributed by atoms with Gasteiger partial charge in [-0.1, -0.05) is 12.1 Å². The van der Waals surface area contributed by atoms with E-state index < -0.39 is 30.0 Å². The molecule has 0 aromatic heterocycles. The summed E-state index contributed by atoms with van der Waals surface area (Å²) in [6, 6.07) is 9.32. The zero-order chi connectivity index (χ0) is 21.4. The van der Waals surface area contributed by atoms with E-state index >= 15 is 0 Å². The summed E-state index contributed by atoms with van der Waals surface area (Å²) in [6.07, 6.45) is 2.44. The average Bonchev–Trinajstić information content (AvgIpc) is 2.66. The summed E-state index contributed by atoms with van der Waals surface area (Å²) in [6.45, 7) is -3.50. The van der Waals surface area contributed by atoms with Crippen molar-refractivity contribution < 1.29 is 32.8 Å². The third kappa shape index (κ3) is 7.30. The van der Waals surface area contributed by atoms with Gasteiger partial charge in [0, 0.05) is 22.7 Å². The predicted molar refractivity (Wildman–Crippen MR) is 102 cm³/mol. The Morgan fingerprint density at radius 2 is 1.90 bits per heavy atom. The first-order chi connectivity index (χ1) is 13.7. The van der Waals surface area contributed by atoms with Crippen LogP contribution in [0.2, 0.25) is 0 Å². The van der Waals surface area contributed by atoms with Gasteiger partial charge in [0.25, 0.3) is 11.6 Å². The Kier molecular flexibility index (Phi) is 7.78. The second kappa shape index (κ2) is 10.3. The Bertz CT molecular complexity index is 934. The van der Waals surface area contributed by atoms with Crippen LogP contribution in [0.1, 0.15) is 5.56 Å². The fourth-order valence-corrected chi connectivity index (χ4v) is 2.48. The second-order valence-electron chi connectivity index (χ2n) is 5.36. The number of ether oxygens (including phenoxy) is 2. The molecule has 2 rings (SSSR count). The van der Waals surface area contributed by atoms with E-state index in [0.29, 0.717) is 10.0 Å². The number of nitro benzene ring substituents is 1. The molecule has 0 aliphatic heterocycles. The van der Waals surface area contributed by atoms with Crippen molar-refractivity contribution in [3.8, 4) is 5.75 Å². The van der Waals surface area contributed by atoms with E-state index in [-0.39, 0.29) is 17.1 Å². The van der Waals surface area contributed by atoms with Gasteiger partial charge in [0.15, 0.2) is 6.61 Å². The molecule has 0 bridgehead atoms. The predicted octanol–water partition coefficient (Wildman–Crippen LogP) is 4.15. The van der Waals surface area contributed by atoms with Crippen molar-refractivity contribution in [1.29, 1.82) is 0 Å². The van der Waals surface area contributed by atoms with E-state index in [1.54, 1.807) is 0 Å². The molecule has 8 nitrogen and oxygen atoms in total. The molecule has 2 aromatic carbocycles. The molecule has 0 fully saturated rings. The number of carbonyl (C=O) groups excluding carboxylic acids is 2. The van der Waals surface area contributed by atoms with Crippen LogP contribution in [0.4, 0.5) is 20.2 Å². The first-order valence-electron chi connectivity index (χ1n) is 7.88. The van der Waals surface area contributed by atoms with Crippen molar-refractivity contribution >= 4 is 45.3 Å². The minimum Gasteiger partial charge on any atom is -0.452 e. The third-order valence-electron chi connectivity index (χ3n) is 3.30. The number of rotatable bonds is 8. The van der Waals surface area contributed by atoms with Gasteiger partial charge < -0.3 is 14.8 Å². The molecule has 0 aliphatic rings. The number of benzene rings is 2. The zero-order valence-electron chi connectivity index (χ0n) is 14.5. The van der Waals surface area contributed by atoms with Gasteiger partial charge in [-0.2, -0.15) is 8.78 Å². The maximum Gasteiger partial charge on any atom is 0.387 e. The number of non-ortho nitro benzene ring substituents is 1. The van der Waals surface area contributed by atoms with E-state index in [9.17, 15) is 28.5 Å². The van der Waals surface area contributed by atoms with Gasteiger partial charge in [-0.05, 0) is 45.8 Å². The summed E-state index contributed by atoms with van der Waals surface area (Å²) in [7, 11) is 0. The lowest BCUT2D eigenvalue weighted by atomic mass is 10.2. The molecular weight excluding hydrogens is 458 g/mol. The van der Waals surface area contributed by atoms with Crippen molar-refractivity contribution in [1.82, 2.24) is 0 Å². The normalized spacial score (nSPS) is 10.8. The maximum atomic E-state index is 12.1. The van der Waals surface area contributed by atoms with Gasteiger partial charge in [0.2, 0.25) is 0 Å². The topological polar surface area (TPSA) is 108 Å². The maximum absolute atomic E-state index is 12.1. The van der Waals surface area contributed by atoms with E-state index in [2.05, 4.69) is 26.0 Å². The van der Waals surface area contributed by atoms with Crippen molar-refractivity contribution in [3.63, 3.8) is 0 Å². The zero-order valence-corrected chi connectivity index (χ0v) is 16.1. The summed E-state index contributed by atoms with van der Waals surface area (Å²) in [5, 5.41) is 13.1. The molecule has 1 N–H and O–H groups in total. The highest BCUT2D eigenvalue weighted by atomic mass is 79.9. The van der Waals surface area contributed by atoms with Crippen molar-refractivity contribution in [2.24, 2.45) is 0 Å². The lowest BCUT2D eigenvalue weighted by Gasteiger charge is -2.07. The number of alkyl halides is 2. The molecule has 2 aromatic rings. The third-order valence-corrected chi connectivity index (χ3v) is 3.96. The molecular formula is C18H13BrF2N2O6.